The Balaban J connectivity index is 2.04. The van der Waals surface area contributed by atoms with E-state index in [-0.39, 0.29) is 29.0 Å². The van der Waals surface area contributed by atoms with Crippen molar-refractivity contribution in [2.24, 2.45) is 0 Å². The first-order valence-electron chi connectivity index (χ1n) is 8.64. The Morgan fingerprint density at radius 3 is 2.75 bits per heavy atom. The number of nitrogens with zero attached hydrogens (tertiary/aromatic N) is 3. The van der Waals surface area contributed by atoms with Crippen molar-refractivity contribution in [3.63, 3.8) is 0 Å². The van der Waals surface area contributed by atoms with Crippen molar-refractivity contribution in [1.82, 2.24) is 24.2 Å². The first kappa shape index (κ1) is 20.7. The molecule has 156 valence electrons. The molecule has 4 atom stereocenters. The maximum atomic E-state index is 12.1. The fraction of sp³-hybridized carbons (Fsp3) is 0.667. The summed E-state index contributed by atoms with van der Waals surface area (Å²) >= 11 is 0. The Hall–Kier alpha value is -2.06. The highest BCUT2D eigenvalue weighted by Gasteiger charge is 2.49. The van der Waals surface area contributed by atoms with Crippen molar-refractivity contribution in [3.05, 3.63) is 16.7 Å². The predicted molar refractivity (Wildman–Crippen MR) is 100 cm³/mol. The maximum absolute atomic E-state index is 12.1. The summed E-state index contributed by atoms with van der Waals surface area (Å²) in [7, 11) is -0.775. The van der Waals surface area contributed by atoms with Crippen molar-refractivity contribution in [2.45, 2.75) is 44.5 Å². The summed E-state index contributed by atoms with van der Waals surface area (Å²) in [6.45, 7) is 3.66. The minimum atomic E-state index is -3.58. The normalized spacial score (nSPS) is 25.8. The summed E-state index contributed by atoms with van der Waals surface area (Å²) in [5.41, 5.74) is 5.45. The monoisotopic (exact) mass is 416 g/mol. The van der Waals surface area contributed by atoms with E-state index < -0.39 is 40.1 Å². The molecule has 1 saturated heterocycles. The Morgan fingerprint density at radius 2 is 2.14 bits per heavy atom. The second-order valence-corrected chi connectivity index (χ2v) is 8.65. The summed E-state index contributed by atoms with van der Waals surface area (Å²) in [5, 5.41) is 0. The molecule has 2 aromatic rings. The second-order valence-electron chi connectivity index (χ2n) is 6.68. The van der Waals surface area contributed by atoms with Gasteiger partial charge in [-0.25, -0.2) is 18.1 Å². The summed E-state index contributed by atoms with van der Waals surface area (Å²) < 4.78 is 45.5. The smallest absolute Gasteiger partial charge is 0.280 e. The van der Waals surface area contributed by atoms with Gasteiger partial charge in [0.05, 0.1) is 18.2 Å². The molecule has 12 nitrogen and oxygen atoms in total. The van der Waals surface area contributed by atoms with Crippen LogP contribution in [0.4, 0.5) is 5.95 Å². The number of rotatable bonds is 7. The number of nitrogen functional groups attached to an aromatic ring is 1. The SMILES string of the molecule is CNS(=O)(=O)C[C@H]1OC(n2cnc3c(=O)[nH]c(N)nc32)[C@H](OC)[C@@H]1OC(C)C. The second kappa shape index (κ2) is 7.75. The van der Waals surface area contributed by atoms with Crippen molar-refractivity contribution < 1.29 is 22.6 Å². The Labute approximate surface area is 161 Å². The molecular formula is C15H24N6O6S. The van der Waals surface area contributed by atoms with Gasteiger partial charge in [0.25, 0.3) is 5.56 Å². The standard InChI is InChI=1S/C15H24N6O6S/c1-7(2)26-10-8(5-28(23,24)17-3)27-14(11(10)25-4)21-6-18-9-12(21)19-15(16)20-13(9)22/h6-8,10-11,14,17H,5H2,1-4H3,(H3,16,19,20,22)/t8-,10-,11-,14?/m1/s1. The molecule has 0 spiro atoms. The van der Waals surface area contributed by atoms with Crippen molar-refractivity contribution in [2.75, 3.05) is 25.6 Å². The van der Waals surface area contributed by atoms with E-state index in [0.717, 1.165) is 0 Å². The van der Waals surface area contributed by atoms with Crippen LogP contribution in [0.3, 0.4) is 0 Å². The highest BCUT2D eigenvalue weighted by atomic mass is 32.2. The molecule has 1 aliphatic heterocycles. The topological polar surface area (TPSA) is 163 Å². The van der Waals surface area contributed by atoms with Crippen LogP contribution in [0.5, 0.6) is 0 Å². The van der Waals surface area contributed by atoms with Gasteiger partial charge < -0.3 is 19.9 Å². The third-order valence-corrected chi connectivity index (χ3v) is 5.80. The first-order chi connectivity index (χ1) is 13.2. The van der Waals surface area contributed by atoms with Gasteiger partial charge in [-0.15, -0.1) is 0 Å². The fourth-order valence-corrected chi connectivity index (χ4v) is 4.09. The number of fused-ring (bicyclic) bond motifs is 1. The third-order valence-electron chi connectivity index (χ3n) is 4.41. The molecule has 1 fully saturated rings. The summed E-state index contributed by atoms with van der Waals surface area (Å²) in [6.07, 6.45) is -1.78. The highest BCUT2D eigenvalue weighted by molar-refractivity contribution is 7.89. The van der Waals surface area contributed by atoms with Gasteiger partial charge in [0.15, 0.2) is 17.4 Å². The number of aromatic amines is 1. The van der Waals surface area contributed by atoms with Crippen LogP contribution in [0.1, 0.15) is 20.1 Å². The van der Waals surface area contributed by atoms with Crippen molar-refractivity contribution in [1.29, 1.82) is 0 Å². The minimum Gasteiger partial charge on any atom is -0.374 e. The molecule has 1 unspecified atom stereocenters. The van der Waals surface area contributed by atoms with Gasteiger partial charge in [0.2, 0.25) is 16.0 Å². The third kappa shape index (κ3) is 3.89. The number of nitrogens with two attached hydrogens (primary N) is 1. The Morgan fingerprint density at radius 1 is 1.43 bits per heavy atom. The van der Waals surface area contributed by atoms with Gasteiger partial charge in [0.1, 0.15) is 18.3 Å². The Bertz CT molecular complexity index is 1000. The maximum Gasteiger partial charge on any atom is 0.280 e. The summed E-state index contributed by atoms with van der Waals surface area (Å²) in [6, 6.07) is 0. The van der Waals surface area contributed by atoms with E-state index in [2.05, 4.69) is 19.7 Å². The molecule has 0 aliphatic carbocycles. The van der Waals surface area contributed by atoms with Crippen LogP contribution in [-0.4, -0.2) is 72.3 Å². The molecule has 0 bridgehead atoms. The van der Waals surface area contributed by atoms with E-state index in [0.29, 0.717) is 0 Å². The lowest BCUT2D eigenvalue weighted by Gasteiger charge is -2.25. The van der Waals surface area contributed by atoms with E-state index in [4.69, 9.17) is 19.9 Å². The molecular weight excluding hydrogens is 392 g/mol. The number of aromatic nitrogens is 4. The van der Waals surface area contributed by atoms with Gasteiger partial charge in [-0.3, -0.25) is 14.3 Å². The number of sulfonamides is 1. The van der Waals surface area contributed by atoms with Crippen molar-refractivity contribution >= 4 is 27.1 Å². The average Bonchev–Trinajstić information content (AvgIpc) is 3.16. The quantitative estimate of drug-likeness (QED) is 0.511. The Kier molecular flexibility index (Phi) is 5.72. The van der Waals surface area contributed by atoms with E-state index >= 15 is 0 Å². The zero-order chi connectivity index (χ0) is 20.6. The van der Waals surface area contributed by atoms with Crippen LogP contribution in [-0.2, 0) is 24.2 Å². The molecule has 3 heterocycles. The molecule has 0 saturated carbocycles. The van der Waals surface area contributed by atoms with E-state index in [9.17, 15) is 13.2 Å². The van der Waals surface area contributed by atoms with Gasteiger partial charge in [0, 0.05) is 7.11 Å². The number of hydrogen-bond donors (Lipinski definition) is 3. The molecule has 0 aromatic carbocycles. The van der Waals surface area contributed by atoms with Crippen LogP contribution in [0.2, 0.25) is 0 Å². The van der Waals surface area contributed by atoms with Gasteiger partial charge >= 0.3 is 0 Å². The number of nitrogens with one attached hydrogen (secondary N) is 2. The van der Waals surface area contributed by atoms with Crippen LogP contribution < -0.4 is 16.0 Å². The lowest BCUT2D eigenvalue weighted by Crippen LogP contribution is -2.42. The lowest BCUT2D eigenvalue weighted by molar-refractivity contribution is -0.0767. The molecule has 0 radical (unpaired) electrons. The van der Waals surface area contributed by atoms with Crippen LogP contribution >= 0.6 is 0 Å². The molecule has 0 amide bonds. The predicted octanol–water partition coefficient (Wildman–Crippen LogP) is -1.04. The summed E-state index contributed by atoms with van der Waals surface area (Å²) in [5.74, 6) is -0.393. The van der Waals surface area contributed by atoms with Crippen LogP contribution in [0, 0.1) is 0 Å². The zero-order valence-corrected chi connectivity index (χ0v) is 16.8. The fourth-order valence-electron chi connectivity index (χ4n) is 3.22. The molecule has 2 aromatic heterocycles. The van der Waals surface area contributed by atoms with Gasteiger partial charge in [-0.2, -0.15) is 4.98 Å². The zero-order valence-electron chi connectivity index (χ0n) is 15.9. The lowest BCUT2D eigenvalue weighted by atomic mass is 10.1. The number of imidazole rings is 1. The number of hydrogen-bond acceptors (Lipinski definition) is 9. The van der Waals surface area contributed by atoms with E-state index in [1.165, 1.54) is 25.1 Å². The molecule has 1 aliphatic rings. The highest BCUT2D eigenvalue weighted by Crippen LogP contribution is 2.35. The molecule has 3 rings (SSSR count). The van der Waals surface area contributed by atoms with E-state index in [1.54, 1.807) is 0 Å². The van der Waals surface area contributed by atoms with Gasteiger partial charge in [-0.05, 0) is 20.9 Å². The van der Waals surface area contributed by atoms with E-state index in [1.807, 2.05) is 13.8 Å². The van der Waals surface area contributed by atoms with Crippen LogP contribution in [0.25, 0.3) is 11.2 Å². The van der Waals surface area contributed by atoms with Crippen molar-refractivity contribution in [3.8, 4) is 0 Å². The molecule has 13 heteroatoms. The molecule has 4 N–H and O–H groups in total. The largest absolute Gasteiger partial charge is 0.374 e. The number of H-pyrrole nitrogens is 1. The average molecular weight is 416 g/mol. The summed E-state index contributed by atoms with van der Waals surface area (Å²) in [4.78, 5) is 22.6. The minimum absolute atomic E-state index is 0.0736. The number of ether oxygens (including phenoxy) is 3. The number of methoxy groups -OCH3 is 1. The molecule has 28 heavy (non-hydrogen) atoms. The van der Waals surface area contributed by atoms with Gasteiger partial charge in [-0.1, -0.05) is 0 Å². The number of anilines is 1. The first-order valence-corrected chi connectivity index (χ1v) is 10.3. The van der Waals surface area contributed by atoms with Crippen LogP contribution in [0.15, 0.2) is 11.1 Å².